The summed E-state index contributed by atoms with van der Waals surface area (Å²) in [6.45, 7) is 1.78. The van der Waals surface area contributed by atoms with Crippen LogP contribution in [-0.4, -0.2) is 16.5 Å². The summed E-state index contributed by atoms with van der Waals surface area (Å²) in [4.78, 5) is 22.0. The standard InChI is InChI=1S/C15H12BrN3O3/c1-10(12-3-2-4-13(16)9-12)17-18-15(20)11-5-7-14(8-6-11)19(21)22/h2-9H,1H3,(H,18,20)/b17-10-. The van der Waals surface area contributed by atoms with Crippen molar-refractivity contribution >= 4 is 33.2 Å². The van der Waals surface area contributed by atoms with Gasteiger partial charge in [-0.05, 0) is 36.8 Å². The van der Waals surface area contributed by atoms with Crippen molar-refractivity contribution in [2.75, 3.05) is 0 Å². The Bertz CT molecular complexity index is 742. The molecule has 0 fully saturated rings. The van der Waals surface area contributed by atoms with E-state index >= 15 is 0 Å². The number of hydrogen-bond donors (Lipinski definition) is 1. The Morgan fingerprint density at radius 3 is 2.45 bits per heavy atom. The average Bonchev–Trinajstić information content (AvgIpc) is 2.52. The van der Waals surface area contributed by atoms with E-state index < -0.39 is 10.8 Å². The highest BCUT2D eigenvalue weighted by atomic mass is 79.9. The van der Waals surface area contributed by atoms with Gasteiger partial charge >= 0.3 is 0 Å². The van der Waals surface area contributed by atoms with Gasteiger partial charge in [-0.25, -0.2) is 5.43 Å². The van der Waals surface area contributed by atoms with Gasteiger partial charge in [0, 0.05) is 22.2 Å². The first kappa shape index (κ1) is 15.8. The first-order valence-electron chi connectivity index (χ1n) is 6.32. The minimum atomic E-state index is -0.517. The van der Waals surface area contributed by atoms with Gasteiger partial charge in [-0.1, -0.05) is 28.1 Å². The molecule has 0 aliphatic heterocycles. The molecule has 0 radical (unpaired) electrons. The number of benzene rings is 2. The molecular weight excluding hydrogens is 350 g/mol. The number of nitro groups is 1. The summed E-state index contributed by atoms with van der Waals surface area (Å²) in [5.74, 6) is -0.427. The van der Waals surface area contributed by atoms with Crippen LogP contribution in [0.3, 0.4) is 0 Å². The van der Waals surface area contributed by atoms with Gasteiger partial charge in [0.15, 0.2) is 0 Å². The summed E-state index contributed by atoms with van der Waals surface area (Å²) in [5.41, 5.74) is 4.19. The summed E-state index contributed by atoms with van der Waals surface area (Å²) >= 11 is 3.37. The Balaban J connectivity index is 2.08. The molecule has 0 atom stereocenters. The van der Waals surface area contributed by atoms with Crippen LogP contribution in [0.4, 0.5) is 5.69 Å². The second kappa shape index (κ2) is 6.95. The third kappa shape index (κ3) is 3.98. The van der Waals surface area contributed by atoms with Crippen molar-refractivity contribution in [2.45, 2.75) is 6.92 Å². The quantitative estimate of drug-likeness (QED) is 0.513. The van der Waals surface area contributed by atoms with Gasteiger partial charge in [0.2, 0.25) is 0 Å². The van der Waals surface area contributed by atoms with E-state index in [0.29, 0.717) is 11.3 Å². The molecule has 1 N–H and O–H groups in total. The minimum Gasteiger partial charge on any atom is -0.267 e. The van der Waals surface area contributed by atoms with E-state index in [2.05, 4.69) is 26.5 Å². The largest absolute Gasteiger partial charge is 0.271 e. The van der Waals surface area contributed by atoms with Gasteiger partial charge in [-0.15, -0.1) is 0 Å². The molecule has 0 aliphatic rings. The van der Waals surface area contributed by atoms with Crippen molar-refractivity contribution in [3.05, 3.63) is 74.2 Å². The van der Waals surface area contributed by atoms with Crippen LogP contribution in [0.25, 0.3) is 0 Å². The fourth-order valence-corrected chi connectivity index (χ4v) is 2.11. The van der Waals surface area contributed by atoms with Gasteiger partial charge in [-0.3, -0.25) is 14.9 Å². The van der Waals surface area contributed by atoms with Crippen LogP contribution >= 0.6 is 15.9 Å². The number of carbonyl (C=O) groups excluding carboxylic acids is 1. The summed E-state index contributed by atoms with van der Waals surface area (Å²) in [5, 5.41) is 14.6. The van der Waals surface area contributed by atoms with Crippen molar-refractivity contribution in [2.24, 2.45) is 5.10 Å². The lowest BCUT2D eigenvalue weighted by molar-refractivity contribution is -0.384. The molecule has 0 aliphatic carbocycles. The first-order chi connectivity index (χ1) is 10.5. The van der Waals surface area contributed by atoms with Crippen LogP contribution in [0.2, 0.25) is 0 Å². The number of nitrogens with zero attached hydrogens (tertiary/aromatic N) is 2. The number of nitro benzene ring substituents is 1. The molecule has 1 amide bonds. The number of non-ortho nitro benzene ring substituents is 1. The summed E-state index contributed by atoms with van der Waals surface area (Å²) < 4.78 is 0.918. The minimum absolute atomic E-state index is 0.0645. The summed E-state index contributed by atoms with van der Waals surface area (Å²) in [6, 6.07) is 12.9. The van der Waals surface area contributed by atoms with Gasteiger partial charge in [0.05, 0.1) is 10.6 Å². The normalized spacial score (nSPS) is 11.1. The van der Waals surface area contributed by atoms with Crippen LogP contribution < -0.4 is 5.43 Å². The molecule has 0 bridgehead atoms. The van der Waals surface area contributed by atoms with E-state index in [-0.39, 0.29) is 5.69 Å². The van der Waals surface area contributed by atoms with Crippen LogP contribution in [0, 0.1) is 10.1 Å². The molecule has 7 heteroatoms. The number of halogens is 1. The van der Waals surface area contributed by atoms with Crippen molar-refractivity contribution in [3.63, 3.8) is 0 Å². The number of hydrogen-bond acceptors (Lipinski definition) is 4. The third-order valence-electron chi connectivity index (χ3n) is 2.91. The SMILES string of the molecule is C/C(=N/NC(=O)c1ccc([N+](=O)[O-])cc1)c1cccc(Br)c1. The topological polar surface area (TPSA) is 84.6 Å². The van der Waals surface area contributed by atoms with Crippen molar-refractivity contribution < 1.29 is 9.72 Å². The smallest absolute Gasteiger partial charge is 0.267 e. The summed E-state index contributed by atoms with van der Waals surface area (Å²) in [6.07, 6.45) is 0. The Morgan fingerprint density at radius 1 is 1.18 bits per heavy atom. The summed E-state index contributed by atoms with van der Waals surface area (Å²) in [7, 11) is 0. The first-order valence-corrected chi connectivity index (χ1v) is 7.11. The van der Waals surface area contributed by atoms with E-state index in [1.165, 1.54) is 24.3 Å². The number of nitrogens with one attached hydrogen (secondary N) is 1. The molecule has 2 aromatic carbocycles. The van der Waals surface area contributed by atoms with Crippen molar-refractivity contribution in [1.82, 2.24) is 5.43 Å². The van der Waals surface area contributed by atoms with E-state index in [1.54, 1.807) is 6.92 Å². The number of amides is 1. The molecule has 0 aromatic heterocycles. The molecule has 0 heterocycles. The Kier molecular flexibility index (Phi) is 5.00. The maximum atomic E-state index is 11.9. The second-order valence-electron chi connectivity index (χ2n) is 4.45. The lowest BCUT2D eigenvalue weighted by atomic mass is 10.1. The molecule has 0 spiro atoms. The monoisotopic (exact) mass is 361 g/mol. The highest BCUT2D eigenvalue weighted by Crippen LogP contribution is 2.13. The predicted molar refractivity (Wildman–Crippen MR) is 86.9 cm³/mol. The number of rotatable bonds is 4. The Labute approximate surface area is 135 Å². The Hall–Kier alpha value is -2.54. The maximum absolute atomic E-state index is 11.9. The molecule has 2 rings (SSSR count). The van der Waals surface area contributed by atoms with Crippen LogP contribution in [0.15, 0.2) is 58.1 Å². The number of hydrazone groups is 1. The fraction of sp³-hybridized carbons (Fsp3) is 0.0667. The zero-order valence-corrected chi connectivity index (χ0v) is 13.2. The second-order valence-corrected chi connectivity index (χ2v) is 5.37. The molecule has 6 nitrogen and oxygen atoms in total. The highest BCUT2D eigenvalue weighted by molar-refractivity contribution is 9.10. The third-order valence-corrected chi connectivity index (χ3v) is 3.40. The zero-order chi connectivity index (χ0) is 16.1. The van der Waals surface area contributed by atoms with Crippen LogP contribution in [0.1, 0.15) is 22.8 Å². The van der Waals surface area contributed by atoms with Crippen molar-refractivity contribution in [3.8, 4) is 0 Å². The molecule has 22 heavy (non-hydrogen) atoms. The molecule has 0 unspecified atom stereocenters. The average molecular weight is 362 g/mol. The highest BCUT2D eigenvalue weighted by Gasteiger charge is 2.09. The zero-order valence-electron chi connectivity index (χ0n) is 11.6. The van der Waals surface area contributed by atoms with E-state index in [4.69, 9.17) is 0 Å². The number of carbonyl (C=O) groups is 1. The molecular formula is C15H12BrN3O3. The van der Waals surface area contributed by atoms with Crippen LogP contribution in [-0.2, 0) is 0 Å². The van der Waals surface area contributed by atoms with E-state index in [0.717, 1.165) is 10.0 Å². The molecule has 112 valence electrons. The predicted octanol–water partition coefficient (Wildman–Crippen LogP) is 3.51. The maximum Gasteiger partial charge on any atom is 0.271 e. The van der Waals surface area contributed by atoms with Gasteiger partial charge in [0.1, 0.15) is 0 Å². The van der Waals surface area contributed by atoms with E-state index in [9.17, 15) is 14.9 Å². The van der Waals surface area contributed by atoms with Gasteiger partial charge in [0.25, 0.3) is 11.6 Å². The van der Waals surface area contributed by atoms with E-state index in [1.807, 2.05) is 24.3 Å². The molecule has 2 aromatic rings. The fourth-order valence-electron chi connectivity index (χ4n) is 1.71. The van der Waals surface area contributed by atoms with Crippen molar-refractivity contribution in [1.29, 1.82) is 0 Å². The Morgan fingerprint density at radius 2 is 1.86 bits per heavy atom. The lowest BCUT2D eigenvalue weighted by Gasteiger charge is -2.03. The van der Waals surface area contributed by atoms with Gasteiger partial charge < -0.3 is 0 Å². The lowest BCUT2D eigenvalue weighted by Crippen LogP contribution is -2.19. The molecule has 0 saturated heterocycles. The van der Waals surface area contributed by atoms with Gasteiger partial charge in [-0.2, -0.15) is 5.10 Å². The van der Waals surface area contributed by atoms with Crippen LogP contribution in [0.5, 0.6) is 0 Å². The molecule has 0 saturated carbocycles.